The second kappa shape index (κ2) is 16.7. The fourth-order valence-corrected chi connectivity index (χ4v) is 4.80. The smallest absolute Gasteiger partial charge is 0.231 e. The minimum atomic E-state index is 0.172. The summed E-state index contributed by atoms with van der Waals surface area (Å²) in [6.45, 7) is 29.4. The Balaban J connectivity index is 0.000000624. The highest BCUT2D eigenvalue weighted by Crippen LogP contribution is 2.39. The highest BCUT2D eigenvalue weighted by atomic mass is 16.4. The Hall–Kier alpha value is -3.54. The second-order valence-corrected chi connectivity index (χ2v) is 13.9. The van der Waals surface area contributed by atoms with Crippen molar-refractivity contribution < 1.29 is 19.0 Å². The van der Waals surface area contributed by atoms with E-state index in [2.05, 4.69) is 66.4 Å². The molecule has 45 heavy (non-hydrogen) atoms. The van der Waals surface area contributed by atoms with Crippen LogP contribution in [0.15, 0.2) is 50.5 Å². The second-order valence-electron chi connectivity index (χ2n) is 13.9. The molecule has 6 nitrogen and oxygen atoms in total. The van der Waals surface area contributed by atoms with Crippen LogP contribution in [0.2, 0.25) is 0 Å². The molecule has 2 heterocycles. The van der Waals surface area contributed by atoms with Gasteiger partial charge in [-0.2, -0.15) is 0 Å². The first-order chi connectivity index (χ1) is 21.1. The summed E-state index contributed by atoms with van der Waals surface area (Å²) in [4.78, 5) is 9.35. The van der Waals surface area contributed by atoms with Crippen LogP contribution in [0, 0.1) is 30.6 Å². The fourth-order valence-electron chi connectivity index (χ4n) is 4.80. The van der Waals surface area contributed by atoms with Crippen molar-refractivity contribution in [1.29, 1.82) is 0 Å². The topological polar surface area (TPSA) is 92.5 Å². The van der Waals surface area contributed by atoms with E-state index in [0.717, 1.165) is 41.4 Å². The lowest BCUT2D eigenvalue weighted by Gasteiger charge is -2.15. The number of nitrogens with zero attached hydrogens (tertiary/aromatic N) is 2. The van der Waals surface area contributed by atoms with Gasteiger partial charge in [0.1, 0.15) is 22.5 Å². The maximum absolute atomic E-state index is 10.9. The summed E-state index contributed by atoms with van der Waals surface area (Å²) < 4.78 is 12.2. The first-order valence-corrected chi connectivity index (χ1v) is 16.7. The van der Waals surface area contributed by atoms with Crippen molar-refractivity contribution in [2.45, 2.75) is 116 Å². The van der Waals surface area contributed by atoms with Crippen LogP contribution in [0.25, 0.3) is 39.2 Å². The van der Waals surface area contributed by atoms with E-state index in [1.54, 1.807) is 6.07 Å². The van der Waals surface area contributed by atoms with Gasteiger partial charge in [-0.3, -0.25) is 0 Å². The molecule has 1 aliphatic rings. The van der Waals surface area contributed by atoms with Gasteiger partial charge in [-0.25, -0.2) is 9.97 Å². The summed E-state index contributed by atoms with van der Waals surface area (Å²) in [5, 5.41) is 21.7. The first-order valence-electron chi connectivity index (χ1n) is 16.7. The number of allylic oxidation sites excluding steroid dienone is 3. The van der Waals surface area contributed by atoms with E-state index in [0.29, 0.717) is 57.0 Å². The zero-order valence-electron chi connectivity index (χ0n) is 30.3. The summed E-state index contributed by atoms with van der Waals surface area (Å²) in [6, 6.07) is 7.47. The van der Waals surface area contributed by atoms with Gasteiger partial charge in [0.05, 0.1) is 11.1 Å². The van der Waals surface area contributed by atoms with Gasteiger partial charge in [0, 0.05) is 6.07 Å². The SMILES string of the molecule is CC.CC(C)C.CC(C)C.CC1=C(O)C(c2nc3cc4nc(-c5cc(C)cc(C(C)C)c5O)oc4cc3o2)=CC(C(C)C)CC1. The van der Waals surface area contributed by atoms with Gasteiger partial charge in [-0.1, -0.05) is 95.2 Å². The Labute approximate surface area is 271 Å². The standard InChI is InChI=1S/C29H32N2O4.2C4H10.C2H6/c1-14(2)18-8-7-17(6)26(32)21(11-18)29-31-23-12-22-24(13-25(23)35-29)34-28(30-22)20-10-16(5)9-19(15(3)4)27(20)33;2*1-4(2)3;1-2/h9-15,18,32-33H,7-8H2,1-6H3;2*4H,1-3H3;1-2H3. The molecule has 1 aliphatic carbocycles. The van der Waals surface area contributed by atoms with Crippen molar-refractivity contribution in [3.8, 4) is 17.2 Å². The number of aromatic hydroxyl groups is 1. The van der Waals surface area contributed by atoms with Crippen LogP contribution >= 0.6 is 0 Å². The quantitative estimate of drug-likeness (QED) is 0.236. The van der Waals surface area contributed by atoms with E-state index >= 15 is 0 Å². The number of rotatable bonds is 4. The first kappa shape index (κ1) is 37.6. The molecule has 248 valence electrons. The molecule has 0 saturated heterocycles. The molecular weight excluding hydrogens is 560 g/mol. The molecule has 0 aliphatic heterocycles. The monoisotopic (exact) mass is 618 g/mol. The molecular formula is C39H58N2O4. The zero-order valence-corrected chi connectivity index (χ0v) is 30.3. The maximum atomic E-state index is 10.9. The van der Waals surface area contributed by atoms with Crippen molar-refractivity contribution in [1.82, 2.24) is 9.97 Å². The molecule has 2 aromatic carbocycles. The van der Waals surface area contributed by atoms with Crippen LogP contribution < -0.4 is 0 Å². The Bertz CT molecular complexity index is 1540. The van der Waals surface area contributed by atoms with E-state index in [-0.39, 0.29) is 17.4 Å². The number of aliphatic hydroxyl groups excluding tert-OH is 1. The number of oxazole rings is 2. The van der Waals surface area contributed by atoms with Crippen LogP contribution in [0.5, 0.6) is 5.75 Å². The summed E-state index contributed by atoms with van der Waals surface area (Å²) in [5.74, 6) is 3.82. The van der Waals surface area contributed by atoms with Crippen LogP contribution in [-0.4, -0.2) is 20.2 Å². The number of fused-ring (bicyclic) bond motifs is 2. The number of phenolic OH excluding ortho intramolecular Hbond substituents is 1. The molecule has 0 spiro atoms. The molecule has 0 saturated carbocycles. The maximum Gasteiger partial charge on any atom is 0.231 e. The lowest BCUT2D eigenvalue weighted by atomic mass is 9.90. The van der Waals surface area contributed by atoms with Gasteiger partial charge in [0.25, 0.3) is 0 Å². The fraction of sp³-hybridized carbons (Fsp3) is 0.538. The number of aromatic nitrogens is 2. The van der Waals surface area contributed by atoms with Gasteiger partial charge in [0.2, 0.25) is 11.8 Å². The summed E-state index contributed by atoms with van der Waals surface area (Å²) in [6.07, 6.45) is 3.93. The third kappa shape index (κ3) is 9.97. The number of aliphatic hydroxyl groups is 1. The Kier molecular flexibility index (Phi) is 14.0. The molecule has 0 fully saturated rings. The Morgan fingerprint density at radius 2 is 1.24 bits per heavy atom. The average molecular weight is 619 g/mol. The predicted octanol–water partition coefficient (Wildman–Crippen LogP) is 12.4. The highest BCUT2D eigenvalue weighted by Gasteiger charge is 2.25. The summed E-state index contributed by atoms with van der Waals surface area (Å²) in [5.41, 5.74) is 6.43. The summed E-state index contributed by atoms with van der Waals surface area (Å²) >= 11 is 0. The Morgan fingerprint density at radius 3 is 1.76 bits per heavy atom. The molecule has 1 atom stereocenters. The van der Waals surface area contributed by atoms with E-state index in [9.17, 15) is 10.2 Å². The van der Waals surface area contributed by atoms with Crippen LogP contribution in [-0.2, 0) is 0 Å². The number of benzene rings is 2. The summed E-state index contributed by atoms with van der Waals surface area (Å²) in [7, 11) is 0. The van der Waals surface area contributed by atoms with Crippen molar-refractivity contribution >= 4 is 27.8 Å². The largest absolute Gasteiger partial charge is 0.507 e. The molecule has 0 amide bonds. The van der Waals surface area contributed by atoms with Crippen LogP contribution in [0.4, 0.5) is 0 Å². The van der Waals surface area contributed by atoms with E-state index in [1.807, 2.05) is 59.7 Å². The van der Waals surface area contributed by atoms with Gasteiger partial charge < -0.3 is 19.0 Å². The minimum absolute atomic E-state index is 0.172. The van der Waals surface area contributed by atoms with Crippen LogP contribution in [0.3, 0.4) is 0 Å². The van der Waals surface area contributed by atoms with E-state index < -0.39 is 0 Å². The molecule has 4 aromatic rings. The molecule has 0 radical (unpaired) electrons. The van der Waals surface area contributed by atoms with Crippen molar-refractivity contribution in [2.75, 3.05) is 0 Å². The lowest BCUT2D eigenvalue weighted by molar-refractivity contribution is 0.422. The highest BCUT2D eigenvalue weighted by molar-refractivity contribution is 5.91. The van der Waals surface area contributed by atoms with Crippen LogP contribution in [0.1, 0.15) is 126 Å². The van der Waals surface area contributed by atoms with Gasteiger partial charge in [-0.05, 0) is 85.1 Å². The lowest BCUT2D eigenvalue weighted by Crippen LogP contribution is -2.05. The molecule has 0 bridgehead atoms. The van der Waals surface area contributed by atoms with Gasteiger partial charge >= 0.3 is 0 Å². The molecule has 2 N–H and O–H groups in total. The number of hydrogen-bond donors (Lipinski definition) is 2. The number of aryl methyl sites for hydroxylation is 1. The van der Waals surface area contributed by atoms with E-state index in [1.165, 1.54) is 0 Å². The third-order valence-corrected chi connectivity index (χ3v) is 7.01. The zero-order chi connectivity index (χ0) is 34.2. The Morgan fingerprint density at radius 1 is 0.733 bits per heavy atom. The van der Waals surface area contributed by atoms with Gasteiger partial charge in [-0.15, -0.1) is 0 Å². The molecule has 1 unspecified atom stereocenters. The third-order valence-electron chi connectivity index (χ3n) is 7.01. The predicted molar refractivity (Wildman–Crippen MR) is 191 cm³/mol. The average Bonchev–Trinajstić information content (AvgIpc) is 3.51. The van der Waals surface area contributed by atoms with Crippen molar-refractivity contribution in [3.05, 3.63) is 58.7 Å². The molecule has 5 rings (SSSR count). The molecule has 6 heteroatoms. The number of phenols is 1. The van der Waals surface area contributed by atoms with Crippen molar-refractivity contribution in [3.63, 3.8) is 0 Å². The normalized spacial score (nSPS) is 15.1. The van der Waals surface area contributed by atoms with Gasteiger partial charge in [0.15, 0.2) is 11.2 Å². The van der Waals surface area contributed by atoms with Crippen molar-refractivity contribution in [2.24, 2.45) is 23.7 Å². The molecule has 2 aromatic heterocycles. The van der Waals surface area contributed by atoms with E-state index in [4.69, 9.17) is 13.8 Å². The number of hydrogen-bond acceptors (Lipinski definition) is 6. The minimum Gasteiger partial charge on any atom is -0.507 e.